The highest BCUT2D eigenvalue weighted by molar-refractivity contribution is 5.45. The Morgan fingerprint density at radius 3 is 2.85 bits per heavy atom. The maximum absolute atomic E-state index is 13.1. The van der Waals surface area contributed by atoms with Gasteiger partial charge in [0.25, 0.3) is 0 Å². The summed E-state index contributed by atoms with van der Waals surface area (Å²) in [5, 5.41) is 3.37. The van der Waals surface area contributed by atoms with Crippen LogP contribution in [0.15, 0.2) is 42.5 Å². The van der Waals surface area contributed by atoms with Crippen LogP contribution in [0.25, 0.3) is 0 Å². The van der Waals surface area contributed by atoms with Crippen LogP contribution in [0.4, 0.5) is 4.39 Å². The Balaban J connectivity index is 1.66. The predicted octanol–water partition coefficient (Wildman–Crippen LogP) is 3.41. The molecule has 104 valence electrons. The first-order valence-electron chi connectivity index (χ1n) is 6.60. The van der Waals surface area contributed by atoms with E-state index in [9.17, 15) is 4.39 Å². The molecule has 2 aromatic carbocycles. The summed E-state index contributed by atoms with van der Waals surface area (Å²) in [4.78, 5) is 0. The molecule has 0 radical (unpaired) electrons. The summed E-state index contributed by atoms with van der Waals surface area (Å²) in [6.07, 6.45) is 0. The first kappa shape index (κ1) is 12.9. The lowest BCUT2D eigenvalue weighted by Gasteiger charge is -2.15. The lowest BCUT2D eigenvalue weighted by atomic mass is 10.1. The maximum atomic E-state index is 13.1. The minimum absolute atomic E-state index is 0.146. The third-order valence-electron chi connectivity index (χ3n) is 3.40. The van der Waals surface area contributed by atoms with Gasteiger partial charge in [0.2, 0.25) is 6.79 Å². The fourth-order valence-corrected chi connectivity index (χ4v) is 2.22. The third kappa shape index (κ3) is 2.75. The molecule has 20 heavy (non-hydrogen) atoms. The van der Waals surface area contributed by atoms with Crippen molar-refractivity contribution >= 4 is 0 Å². The number of hydrogen-bond acceptors (Lipinski definition) is 3. The molecule has 1 aliphatic rings. The van der Waals surface area contributed by atoms with E-state index in [1.54, 1.807) is 12.1 Å². The minimum atomic E-state index is -0.208. The molecule has 4 heteroatoms. The highest BCUT2D eigenvalue weighted by atomic mass is 19.1. The second-order valence-corrected chi connectivity index (χ2v) is 4.85. The average Bonchev–Trinajstić information content (AvgIpc) is 2.92. The molecule has 1 heterocycles. The van der Waals surface area contributed by atoms with Crippen LogP contribution < -0.4 is 14.8 Å². The van der Waals surface area contributed by atoms with Crippen molar-refractivity contribution in [2.45, 2.75) is 19.5 Å². The SMILES string of the molecule is CC(NCc1cccc(F)c1)c1ccc2c(c1)OCO2. The van der Waals surface area contributed by atoms with E-state index in [0.717, 1.165) is 22.6 Å². The van der Waals surface area contributed by atoms with Gasteiger partial charge < -0.3 is 14.8 Å². The molecular weight excluding hydrogens is 257 g/mol. The van der Waals surface area contributed by atoms with Gasteiger partial charge in [-0.1, -0.05) is 18.2 Å². The number of ether oxygens (including phenoxy) is 2. The van der Waals surface area contributed by atoms with Gasteiger partial charge in [-0.25, -0.2) is 4.39 Å². The topological polar surface area (TPSA) is 30.5 Å². The Morgan fingerprint density at radius 1 is 1.15 bits per heavy atom. The number of hydrogen-bond donors (Lipinski definition) is 1. The average molecular weight is 273 g/mol. The maximum Gasteiger partial charge on any atom is 0.231 e. The van der Waals surface area contributed by atoms with Crippen LogP contribution >= 0.6 is 0 Å². The Labute approximate surface area is 117 Å². The van der Waals surface area contributed by atoms with E-state index < -0.39 is 0 Å². The first-order chi connectivity index (χ1) is 9.72. The predicted molar refractivity (Wildman–Crippen MR) is 74.2 cm³/mol. The van der Waals surface area contributed by atoms with Crippen molar-refractivity contribution in [2.75, 3.05) is 6.79 Å². The van der Waals surface area contributed by atoms with Gasteiger partial charge in [0.05, 0.1) is 0 Å². The monoisotopic (exact) mass is 273 g/mol. The summed E-state index contributed by atoms with van der Waals surface area (Å²) in [6, 6.07) is 12.7. The standard InChI is InChI=1S/C16H16FNO2/c1-11(18-9-12-3-2-4-14(17)7-12)13-5-6-15-16(8-13)20-10-19-15/h2-8,11,18H,9-10H2,1H3. The highest BCUT2D eigenvalue weighted by Gasteiger charge is 2.15. The van der Waals surface area contributed by atoms with Crippen molar-refractivity contribution in [3.05, 3.63) is 59.4 Å². The molecule has 0 spiro atoms. The van der Waals surface area contributed by atoms with Crippen molar-refractivity contribution < 1.29 is 13.9 Å². The zero-order chi connectivity index (χ0) is 13.9. The molecule has 1 N–H and O–H groups in total. The summed E-state index contributed by atoms with van der Waals surface area (Å²) in [5.41, 5.74) is 2.04. The van der Waals surface area contributed by atoms with Crippen LogP contribution in [0.1, 0.15) is 24.1 Å². The zero-order valence-corrected chi connectivity index (χ0v) is 11.2. The zero-order valence-electron chi connectivity index (χ0n) is 11.2. The van der Waals surface area contributed by atoms with Crippen molar-refractivity contribution in [1.29, 1.82) is 0 Å². The summed E-state index contributed by atoms with van der Waals surface area (Å²) >= 11 is 0. The molecule has 3 rings (SSSR count). The van der Waals surface area contributed by atoms with Crippen molar-refractivity contribution in [3.8, 4) is 11.5 Å². The number of fused-ring (bicyclic) bond motifs is 1. The quantitative estimate of drug-likeness (QED) is 0.926. The summed E-state index contributed by atoms with van der Waals surface area (Å²) in [6.45, 7) is 2.97. The van der Waals surface area contributed by atoms with Crippen LogP contribution in [0.2, 0.25) is 0 Å². The van der Waals surface area contributed by atoms with Crippen molar-refractivity contribution in [3.63, 3.8) is 0 Å². The van der Waals surface area contributed by atoms with Gasteiger partial charge in [0.15, 0.2) is 11.5 Å². The van der Waals surface area contributed by atoms with Crippen LogP contribution in [0.3, 0.4) is 0 Å². The summed E-state index contributed by atoms with van der Waals surface area (Å²) < 4.78 is 23.8. The smallest absolute Gasteiger partial charge is 0.231 e. The van der Waals surface area contributed by atoms with Crippen LogP contribution in [-0.2, 0) is 6.54 Å². The van der Waals surface area contributed by atoms with E-state index in [-0.39, 0.29) is 18.7 Å². The molecule has 2 aromatic rings. The van der Waals surface area contributed by atoms with Gasteiger partial charge in [-0.05, 0) is 42.3 Å². The van der Waals surface area contributed by atoms with Gasteiger partial charge in [-0.2, -0.15) is 0 Å². The molecule has 0 saturated carbocycles. The lowest BCUT2D eigenvalue weighted by molar-refractivity contribution is 0.174. The number of rotatable bonds is 4. The first-order valence-corrected chi connectivity index (χ1v) is 6.60. The number of nitrogens with one attached hydrogen (secondary N) is 1. The molecule has 0 amide bonds. The Kier molecular flexibility index (Phi) is 3.56. The molecule has 1 atom stereocenters. The number of benzene rings is 2. The van der Waals surface area contributed by atoms with Gasteiger partial charge in [0, 0.05) is 12.6 Å². The number of halogens is 1. The van der Waals surface area contributed by atoms with E-state index in [0.29, 0.717) is 6.54 Å². The van der Waals surface area contributed by atoms with E-state index in [4.69, 9.17) is 9.47 Å². The molecule has 0 aliphatic carbocycles. The molecule has 0 saturated heterocycles. The van der Waals surface area contributed by atoms with E-state index in [1.165, 1.54) is 6.07 Å². The van der Waals surface area contributed by atoms with Crippen LogP contribution in [0, 0.1) is 5.82 Å². The Morgan fingerprint density at radius 2 is 2.00 bits per heavy atom. The molecule has 0 aromatic heterocycles. The molecule has 1 unspecified atom stereocenters. The fourth-order valence-electron chi connectivity index (χ4n) is 2.22. The van der Waals surface area contributed by atoms with Crippen molar-refractivity contribution in [2.24, 2.45) is 0 Å². The lowest BCUT2D eigenvalue weighted by Crippen LogP contribution is -2.18. The van der Waals surface area contributed by atoms with E-state index in [2.05, 4.69) is 12.2 Å². The molecular formula is C16H16FNO2. The Hall–Kier alpha value is -2.07. The molecule has 0 bridgehead atoms. The van der Waals surface area contributed by atoms with Crippen LogP contribution in [0.5, 0.6) is 11.5 Å². The molecule has 3 nitrogen and oxygen atoms in total. The van der Waals surface area contributed by atoms with Gasteiger partial charge >= 0.3 is 0 Å². The van der Waals surface area contributed by atoms with Gasteiger partial charge in [-0.3, -0.25) is 0 Å². The van der Waals surface area contributed by atoms with Gasteiger partial charge in [0.1, 0.15) is 5.82 Å². The summed E-state index contributed by atoms with van der Waals surface area (Å²) in [7, 11) is 0. The van der Waals surface area contributed by atoms with Gasteiger partial charge in [-0.15, -0.1) is 0 Å². The third-order valence-corrected chi connectivity index (χ3v) is 3.40. The second kappa shape index (κ2) is 5.51. The largest absolute Gasteiger partial charge is 0.454 e. The normalized spacial score (nSPS) is 14.3. The second-order valence-electron chi connectivity index (χ2n) is 4.85. The van der Waals surface area contributed by atoms with E-state index >= 15 is 0 Å². The Bertz CT molecular complexity index is 615. The van der Waals surface area contributed by atoms with Crippen LogP contribution in [-0.4, -0.2) is 6.79 Å². The molecule has 1 aliphatic heterocycles. The summed E-state index contributed by atoms with van der Waals surface area (Å²) in [5.74, 6) is 1.35. The minimum Gasteiger partial charge on any atom is -0.454 e. The fraction of sp³-hybridized carbons (Fsp3) is 0.250. The van der Waals surface area contributed by atoms with Crippen molar-refractivity contribution in [1.82, 2.24) is 5.32 Å². The van der Waals surface area contributed by atoms with E-state index in [1.807, 2.05) is 24.3 Å². The molecule has 0 fully saturated rings. The highest BCUT2D eigenvalue weighted by Crippen LogP contribution is 2.34.